The van der Waals surface area contributed by atoms with Crippen LogP contribution in [-0.2, 0) is 17.6 Å². The summed E-state index contributed by atoms with van der Waals surface area (Å²) in [4.78, 5) is 14.8. The van der Waals surface area contributed by atoms with Gasteiger partial charge in [0.1, 0.15) is 6.04 Å². The standard InChI is InChI=1S/C17H19N3O3/c1-11-18-19-16(23-11)15-10-22-8-7-20(15)17(21)14-6-5-12-3-2-4-13(12)9-14/h5-6,9,15H,2-4,7-8,10H2,1H3/t15-/m0/s1. The molecule has 4 rings (SSSR count). The van der Waals surface area contributed by atoms with Gasteiger partial charge in [-0.25, -0.2) is 0 Å². The number of aryl methyl sites for hydroxylation is 3. The fraction of sp³-hybridized carbons (Fsp3) is 0.471. The molecular weight excluding hydrogens is 294 g/mol. The Kier molecular flexibility index (Phi) is 3.61. The normalized spacial score (nSPS) is 20.6. The van der Waals surface area contributed by atoms with Crippen LogP contribution in [0.5, 0.6) is 0 Å². The second-order valence-corrected chi connectivity index (χ2v) is 6.09. The first-order chi connectivity index (χ1) is 11.2. The van der Waals surface area contributed by atoms with E-state index in [0.717, 1.165) is 18.4 Å². The van der Waals surface area contributed by atoms with Gasteiger partial charge < -0.3 is 14.1 Å². The van der Waals surface area contributed by atoms with Crippen LogP contribution in [0.25, 0.3) is 0 Å². The summed E-state index contributed by atoms with van der Waals surface area (Å²) in [6, 6.07) is 5.74. The van der Waals surface area contributed by atoms with Crippen molar-refractivity contribution in [2.75, 3.05) is 19.8 Å². The monoisotopic (exact) mass is 313 g/mol. The summed E-state index contributed by atoms with van der Waals surface area (Å²) in [5, 5.41) is 7.93. The van der Waals surface area contributed by atoms with Gasteiger partial charge in [0, 0.05) is 19.0 Å². The molecule has 6 heteroatoms. The van der Waals surface area contributed by atoms with Crippen LogP contribution < -0.4 is 0 Å². The first-order valence-corrected chi connectivity index (χ1v) is 8.03. The smallest absolute Gasteiger partial charge is 0.254 e. The molecular formula is C17H19N3O3. The molecule has 1 aromatic carbocycles. The average molecular weight is 313 g/mol. The van der Waals surface area contributed by atoms with E-state index in [2.05, 4.69) is 16.3 Å². The number of rotatable bonds is 2. The highest BCUT2D eigenvalue weighted by molar-refractivity contribution is 5.94. The molecule has 1 atom stereocenters. The molecule has 0 unspecified atom stereocenters. The van der Waals surface area contributed by atoms with E-state index in [1.165, 1.54) is 17.5 Å². The SMILES string of the molecule is Cc1nnc([C@@H]2COCCN2C(=O)c2ccc3c(c2)CCC3)o1. The van der Waals surface area contributed by atoms with Gasteiger partial charge in [-0.2, -0.15) is 0 Å². The number of hydrogen-bond donors (Lipinski definition) is 0. The van der Waals surface area contributed by atoms with Crippen LogP contribution in [0, 0.1) is 6.92 Å². The molecule has 2 heterocycles. The Morgan fingerprint density at radius 1 is 1.26 bits per heavy atom. The lowest BCUT2D eigenvalue weighted by Crippen LogP contribution is -2.43. The Morgan fingerprint density at radius 3 is 2.96 bits per heavy atom. The molecule has 120 valence electrons. The van der Waals surface area contributed by atoms with E-state index in [0.29, 0.717) is 31.5 Å². The van der Waals surface area contributed by atoms with E-state index < -0.39 is 0 Å². The third kappa shape index (κ3) is 2.63. The molecule has 0 saturated carbocycles. The van der Waals surface area contributed by atoms with Gasteiger partial charge in [-0.15, -0.1) is 10.2 Å². The number of amides is 1. The van der Waals surface area contributed by atoms with Gasteiger partial charge in [-0.1, -0.05) is 6.07 Å². The van der Waals surface area contributed by atoms with Crippen molar-refractivity contribution in [3.63, 3.8) is 0 Å². The summed E-state index contributed by atoms with van der Waals surface area (Å²) < 4.78 is 11.0. The summed E-state index contributed by atoms with van der Waals surface area (Å²) in [7, 11) is 0. The molecule has 0 N–H and O–H groups in total. The number of carbonyl (C=O) groups excluding carboxylic acids is 1. The van der Waals surface area contributed by atoms with Crippen molar-refractivity contribution in [1.82, 2.24) is 15.1 Å². The van der Waals surface area contributed by atoms with Crippen LogP contribution in [0.4, 0.5) is 0 Å². The van der Waals surface area contributed by atoms with Gasteiger partial charge >= 0.3 is 0 Å². The van der Waals surface area contributed by atoms with E-state index in [-0.39, 0.29) is 11.9 Å². The number of carbonyl (C=O) groups is 1. The summed E-state index contributed by atoms with van der Waals surface area (Å²) in [6.07, 6.45) is 3.35. The lowest BCUT2D eigenvalue weighted by molar-refractivity contribution is -0.0106. The largest absolute Gasteiger partial charge is 0.423 e. The van der Waals surface area contributed by atoms with Gasteiger partial charge in [-0.05, 0) is 42.5 Å². The van der Waals surface area contributed by atoms with E-state index >= 15 is 0 Å². The highest BCUT2D eigenvalue weighted by Crippen LogP contribution is 2.27. The predicted molar refractivity (Wildman–Crippen MR) is 82.1 cm³/mol. The lowest BCUT2D eigenvalue weighted by Gasteiger charge is -2.33. The fourth-order valence-corrected chi connectivity index (χ4v) is 3.37. The Labute approximate surface area is 134 Å². The number of ether oxygens (including phenoxy) is 1. The molecule has 2 aromatic rings. The molecule has 0 spiro atoms. The second-order valence-electron chi connectivity index (χ2n) is 6.09. The van der Waals surface area contributed by atoms with E-state index in [1.54, 1.807) is 11.8 Å². The summed E-state index contributed by atoms with van der Waals surface area (Å²) in [5.41, 5.74) is 3.40. The van der Waals surface area contributed by atoms with E-state index in [9.17, 15) is 4.79 Å². The molecule has 0 bridgehead atoms. The van der Waals surface area contributed by atoms with E-state index in [1.807, 2.05) is 12.1 Å². The Morgan fingerprint density at radius 2 is 2.13 bits per heavy atom. The maximum atomic E-state index is 13.0. The maximum Gasteiger partial charge on any atom is 0.254 e. The van der Waals surface area contributed by atoms with Crippen LogP contribution >= 0.6 is 0 Å². The van der Waals surface area contributed by atoms with Crippen LogP contribution in [0.2, 0.25) is 0 Å². The molecule has 6 nitrogen and oxygen atoms in total. The van der Waals surface area contributed by atoms with Gasteiger partial charge in [-0.3, -0.25) is 4.79 Å². The quantitative estimate of drug-likeness (QED) is 0.849. The minimum absolute atomic E-state index is 0.00357. The third-order valence-corrected chi connectivity index (χ3v) is 4.56. The number of benzene rings is 1. The highest BCUT2D eigenvalue weighted by Gasteiger charge is 2.33. The number of aromatic nitrogens is 2. The molecule has 23 heavy (non-hydrogen) atoms. The van der Waals surface area contributed by atoms with Crippen molar-refractivity contribution in [3.8, 4) is 0 Å². The van der Waals surface area contributed by atoms with Gasteiger partial charge in [0.15, 0.2) is 0 Å². The molecule has 0 radical (unpaired) electrons. The van der Waals surface area contributed by atoms with Gasteiger partial charge in [0.2, 0.25) is 11.8 Å². The predicted octanol–water partition coefficient (Wildman–Crippen LogP) is 2.08. The average Bonchev–Trinajstić information content (AvgIpc) is 3.22. The van der Waals surface area contributed by atoms with Crippen molar-refractivity contribution < 1.29 is 13.9 Å². The minimum Gasteiger partial charge on any atom is -0.423 e. The second kappa shape index (κ2) is 5.77. The molecule has 1 aromatic heterocycles. The molecule has 2 aliphatic rings. The summed E-state index contributed by atoms with van der Waals surface area (Å²) >= 11 is 0. The fourth-order valence-electron chi connectivity index (χ4n) is 3.37. The number of fused-ring (bicyclic) bond motifs is 1. The molecule has 1 fully saturated rings. The molecule has 1 saturated heterocycles. The number of morpholine rings is 1. The van der Waals surface area contributed by atoms with Crippen molar-refractivity contribution in [2.45, 2.75) is 32.2 Å². The van der Waals surface area contributed by atoms with Gasteiger partial charge in [0.25, 0.3) is 5.91 Å². The van der Waals surface area contributed by atoms with Gasteiger partial charge in [0.05, 0.1) is 13.2 Å². The van der Waals surface area contributed by atoms with Crippen molar-refractivity contribution >= 4 is 5.91 Å². The maximum absolute atomic E-state index is 13.0. The molecule has 1 amide bonds. The Bertz CT molecular complexity index is 740. The number of nitrogens with zero attached hydrogens (tertiary/aromatic N) is 3. The minimum atomic E-state index is -0.314. The van der Waals surface area contributed by atoms with Crippen LogP contribution in [-0.4, -0.2) is 40.8 Å². The third-order valence-electron chi connectivity index (χ3n) is 4.56. The highest BCUT2D eigenvalue weighted by atomic mass is 16.5. The molecule has 1 aliphatic heterocycles. The summed E-state index contributed by atoms with van der Waals surface area (Å²) in [6.45, 7) is 3.19. The zero-order valence-corrected chi connectivity index (χ0v) is 13.1. The summed E-state index contributed by atoms with van der Waals surface area (Å²) in [5.74, 6) is 0.941. The topological polar surface area (TPSA) is 68.5 Å². The first kappa shape index (κ1) is 14.4. The lowest BCUT2D eigenvalue weighted by atomic mass is 10.0. The first-order valence-electron chi connectivity index (χ1n) is 8.03. The Balaban J connectivity index is 1.62. The van der Waals surface area contributed by atoms with E-state index in [4.69, 9.17) is 9.15 Å². The van der Waals surface area contributed by atoms with Crippen molar-refractivity contribution in [3.05, 3.63) is 46.7 Å². The molecule has 1 aliphatic carbocycles. The zero-order chi connectivity index (χ0) is 15.8. The van der Waals surface area contributed by atoms with Crippen LogP contribution in [0.1, 0.15) is 45.7 Å². The Hall–Kier alpha value is -2.21. The zero-order valence-electron chi connectivity index (χ0n) is 13.1. The van der Waals surface area contributed by atoms with Crippen molar-refractivity contribution in [1.29, 1.82) is 0 Å². The number of hydrogen-bond acceptors (Lipinski definition) is 5. The van der Waals surface area contributed by atoms with Crippen LogP contribution in [0.15, 0.2) is 22.6 Å². The van der Waals surface area contributed by atoms with Crippen molar-refractivity contribution in [2.24, 2.45) is 0 Å². The van der Waals surface area contributed by atoms with Crippen LogP contribution in [0.3, 0.4) is 0 Å².